The molecule has 0 bridgehead atoms. The molecule has 0 aliphatic rings. The van der Waals surface area contributed by atoms with E-state index in [-0.39, 0.29) is 34.9 Å². The van der Waals surface area contributed by atoms with Gasteiger partial charge in [0, 0.05) is 17.0 Å². The average Bonchev–Trinajstić information content (AvgIpc) is 2.76. The molecule has 31 heavy (non-hydrogen) atoms. The van der Waals surface area contributed by atoms with Crippen molar-refractivity contribution in [2.75, 3.05) is 13.7 Å². The van der Waals surface area contributed by atoms with Crippen molar-refractivity contribution < 1.29 is 28.2 Å². The van der Waals surface area contributed by atoms with Crippen LogP contribution in [0.2, 0.25) is 5.02 Å². The zero-order valence-corrected chi connectivity index (χ0v) is 18.0. The third-order valence-corrected chi connectivity index (χ3v) is 5.03. The number of carbonyl (C=O) groups excluding carboxylic acids is 2. The summed E-state index contributed by atoms with van der Waals surface area (Å²) in [4.78, 5) is 36.5. The van der Waals surface area contributed by atoms with E-state index in [2.05, 4.69) is 4.74 Å². The molecule has 1 unspecified atom stereocenters. The van der Waals surface area contributed by atoms with Crippen molar-refractivity contribution in [3.8, 4) is 5.75 Å². The molecule has 0 aliphatic heterocycles. The van der Waals surface area contributed by atoms with Gasteiger partial charge in [0.2, 0.25) is 6.10 Å². The summed E-state index contributed by atoms with van der Waals surface area (Å²) < 4.78 is 21.1. The van der Waals surface area contributed by atoms with Crippen LogP contribution in [0, 0.1) is 6.92 Å². The quantitative estimate of drug-likeness (QED) is 0.399. The maximum Gasteiger partial charge on any atom is 0.352 e. The van der Waals surface area contributed by atoms with Crippen molar-refractivity contribution in [2.45, 2.75) is 26.4 Å². The van der Waals surface area contributed by atoms with Gasteiger partial charge in [-0.15, -0.1) is 0 Å². The summed E-state index contributed by atoms with van der Waals surface area (Å²) in [7, 11) is 1.24. The van der Waals surface area contributed by atoms with Crippen LogP contribution >= 0.6 is 11.6 Å². The number of esters is 2. The Balaban J connectivity index is 2.05. The fourth-order valence-electron chi connectivity index (χ4n) is 3.13. The molecule has 0 radical (unpaired) electrons. The molecular weight excluding hydrogens is 424 g/mol. The van der Waals surface area contributed by atoms with Gasteiger partial charge in [0.15, 0.2) is 0 Å². The Morgan fingerprint density at radius 3 is 2.52 bits per heavy atom. The van der Waals surface area contributed by atoms with Crippen LogP contribution in [0.5, 0.6) is 5.75 Å². The van der Waals surface area contributed by atoms with E-state index in [1.807, 2.05) is 6.07 Å². The number of carbonyl (C=O) groups is 2. The summed E-state index contributed by atoms with van der Waals surface area (Å²) in [6, 6.07) is 11.9. The zero-order chi connectivity index (χ0) is 22.5. The first kappa shape index (κ1) is 22.4. The van der Waals surface area contributed by atoms with E-state index in [4.69, 9.17) is 25.5 Å². The smallest absolute Gasteiger partial charge is 0.352 e. The van der Waals surface area contributed by atoms with E-state index in [1.54, 1.807) is 44.2 Å². The third kappa shape index (κ3) is 4.88. The molecule has 0 aliphatic carbocycles. The van der Waals surface area contributed by atoms with Crippen LogP contribution in [0.25, 0.3) is 11.0 Å². The van der Waals surface area contributed by atoms with E-state index < -0.39 is 23.7 Å². The number of benzene rings is 2. The largest absolute Gasteiger partial charge is 0.472 e. The van der Waals surface area contributed by atoms with Crippen LogP contribution in [0.1, 0.15) is 29.7 Å². The van der Waals surface area contributed by atoms with Gasteiger partial charge in [-0.05, 0) is 25.5 Å². The van der Waals surface area contributed by atoms with Crippen LogP contribution in [0.15, 0.2) is 51.7 Å². The van der Waals surface area contributed by atoms with Crippen molar-refractivity contribution >= 4 is 34.5 Å². The topological polar surface area (TPSA) is 92.0 Å². The fraction of sp³-hybridized carbons (Fsp3) is 0.261. The van der Waals surface area contributed by atoms with Crippen molar-refractivity contribution in [3.05, 3.63) is 74.6 Å². The number of ether oxygens (including phenoxy) is 3. The highest BCUT2D eigenvalue weighted by atomic mass is 35.5. The van der Waals surface area contributed by atoms with E-state index in [1.165, 1.54) is 13.2 Å². The standard InChI is InChI=1S/C23H21ClO7/c1-4-29-23(27)21(14-8-6-5-7-9-14)30-19-12-18-15(10-17(19)24)13(2)16(22(26)31-18)11-20(25)28-3/h5-10,12,21H,4,11H2,1-3H3. The summed E-state index contributed by atoms with van der Waals surface area (Å²) >= 11 is 6.43. The number of methoxy groups -OCH3 is 1. The van der Waals surface area contributed by atoms with E-state index in [0.29, 0.717) is 16.5 Å². The normalized spacial score (nSPS) is 11.7. The molecule has 2 aromatic carbocycles. The monoisotopic (exact) mass is 444 g/mol. The first-order chi connectivity index (χ1) is 14.8. The van der Waals surface area contributed by atoms with Crippen molar-refractivity contribution in [1.82, 2.24) is 0 Å². The zero-order valence-electron chi connectivity index (χ0n) is 17.3. The molecule has 1 aromatic heterocycles. The van der Waals surface area contributed by atoms with Crippen LogP contribution in [0.4, 0.5) is 0 Å². The lowest BCUT2D eigenvalue weighted by molar-refractivity contribution is -0.151. The van der Waals surface area contributed by atoms with Gasteiger partial charge in [-0.2, -0.15) is 0 Å². The molecular formula is C23H21ClO7. The summed E-state index contributed by atoms with van der Waals surface area (Å²) in [5, 5.41) is 0.752. The minimum atomic E-state index is -1.05. The van der Waals surface area contributed by atoms with Gasteiger partial charge in [0.05, 0.1) is 30.7 Å². The lowest BCUT2D eigenvalue weighted by Gasteiger charge is -2.19. The fourth-order valence-corrected chi connectivity index (χ4v) is 3.33. The Labute approximate surface area is 183 Å². The summed E-state index contributed by atoms with van der Waals surface area (Å²) in [5.74, 6) is -0.976. The minimum absolute atomic E-state index is 0.152. The van der Waals surface area contributed by atoms with Gasteiger partial charge in [-0.25, -0.2) is 9.59 Å². The Morgan fingerprint density at radius 1 is 1.16 bits per heavy atom. The average molecular weight is 445 g/mol. The molecule has 162 valence electrons. The van der Waals surface area contributed by atoms with Crippen molar-refractivity contribution in [3.63, 3.8) is 0 Å². The molecule has 0 spiro atoms. The molecule has 8 heteroatoms. The first-order valence-corrected chi connectivity index (χ1v) is 9.94. The Bertz CT molecular complexity index is 1170. The molecule has 0 saturated carbocycles. The molecule has 0 amide bonds. The minimum Gasteiger partial charge on any atom is -0.472 e. The number of aryl methyl sites for hydroxylation is 1. The molecule has 3 aromatic rings. The van der Waals surface area contributed by atoms with Gasteiger partial charge in [-0.3, -0.25) is 4.79 Å². The molecule has 3 rings (SSSR count). The van der Waals surface area contributed by atoms with Crippen LogP contribution in [-0.2, 0) is 25.5 Å². The van der Waals surface area contributed by atoms with Crippen LogP contribution in [0.3, 0.4) is 0 Å². The van der Waals surface area contributed by atoms with E-state index in [0.717, 1.165) is 0 Å². The Hall–Kier alpha value is -3.32. The molecule has 7 nitrogen and oxygen atoms in total. The van der Waals surface area contributed by atoms with Gasteiger partial charge in [0.1, 0.15) is 11.3 Å². The lowest BCUT2D eigenvalue weighted by Crippen LogP contribution is -2.21. The number of rotatable bonds is 7. The highest BCUT2D eigenvalue weighted by Crippen LogP contribution is 2.35. The second-order valence-electron chi connectivity index (χ2n) is 6.69. The third-order valence-electron chi connectivity index (χ3n) is 4.74. The van der Waals surface area contributed by atoms with Crippen molar-refractivity contribution in [1.29, 1.82) is 0 Å². The number of fused-ring (bicyclic) bond motifs is 1. The molecule has 0 fully saturated rings. The molecule has 0 N–H and O–H groups in total. The Kier molecular flexibility index (Phi) is 6.97. The number of halogens is 1. The van der Waals surface area contributed by atoms with Gasteiger partial charge >= 0.3 is 17.6 Å². The molecule has 0 saturated heterocycles. The first-order valence-electron chi connectivity index (χ1n) is 9.56. The lowest BCUT2D eigenvalue weighted by atomic mass is 10.0. The predicted molar refractivity (Wildman–Crippen MR) is 114 cm³/mol. The van der Waals surface area contributed by atoms with Gasteiger partial charge in [-0.1, -0.05) is 41.9 Å². The summed E-state index contributed by atoms with van der Waals surface area (Å²) in [6.07, 6.45) is -1.27. The maximum atomic E-state index is 12.5. The maximum absolute atomic E-state index is 12.5. The second-order valence-corrected chi connectivity index (χ2v) is 7.09. The van der Waals surface area contributed by atoms with Crippen LogP contribution < -0.4 is 10.4 Å². The Morgan fingerprint density at radius 2 is 1.87 bits per heavy atom. The van der Waals surface area contributed by atoms with Gasteiger partial charge in [0.25, 0.3) is 0 Å². The number of hydrogen-bond acceptors (Lipinski definition) is 7. The summed E-state index contributed by atoms with van der Waals surface area (Å²) in [5.41, 5.74) is 0.885. The predicted octanol–water partition coefficient (Wildman–Crippen LogP) is 4.15. The number of hydrogen-bond donors (Lipinski definition) is 0. The van der Waals surface area contributed by atoms with E-state index in [9.17, 15) is 14.4 Å². The van der Waals surface area contributed by atoms with E-state index >= 15 is 0 Å². The molecule has 1 heterocycles. The molecule has 1 atom stereocenters. The highest BCUT2D eigenvalue weighted by molar-refractivity contribution is 6.32. The van der Waals surface area contributed by atoms with Crippen LogP contribution in [-0.4, -0.2) is 25.7 Å². The second kappa shape index (κ2) is 9.66. The summed E-state index contributed by atoms with van der Waals surface area (Å²) in [6.45, 7) is 3.58. The SMILES string of the molecule is CCOC(=O)C(Oc1cc2oc(=O)c(CC(=O)OC)c(C)c2cc1Cl)c1ccccc1. The highest BCUT2D eigenvalue weighted by Gasteiger charge is 2.26. The van der Waals surface area contributed by atoms with Gasteiger partial charge < -0.3 is 18.6 Å². The van der Waals surface area contributed by atoms with Crippen molar-refractivity contribution in [2.24, 2.45) is 0 Å².